The van der Waals surface area contributed by atoms with Gasteiger partial charge in [0, 0.05) is 19.0 Å². The van der Waals surface area contributed by atoms with Gasteiger partial charge in [-0.25, -0.2) is 0 Å². The molecule has 1 fully saturated rings. The van der Waals surface area contributed by atoms with Crippen molar-refractivity contribution in [2.45, 2.75) is 44.7 Å². The van der Waals surface area contributed by atoms with E-state index in [0.717, 1.165) is 25.9 Å². The highest BCUT2D eigenvalue weighted by Gasteiger charge is 2.45. The van der Waals surface area contributed by atoms with E-state index in [2.05, 4.69) is 35.2 Å². The average Bonchev–Trinajstić information content (AvgIpc) is 2.78. The summed E-state index contributed by atoms with van der Waals surface area (Å²) in [7, 11) is 0. The van der Waals surface area contributed by atoms with Gasteiger partial charge in [-0.3, -0.25) is 4.90 Å². The summed E-state index contributed by atoms with van der Waals surface area (Å²) in [6.07, 6.45) is 5.04. The molecule has 1 aromatic rings. The van der Waals surface area contributed by atoms with Crippen molar-refractivity contribution < 1.29 is 0 Å². The maximum Gasteiger partial charge on any atom is 0.163 e. The van der Waals surface area contributed by atoms with E-state index in [9.17, 15) is 10.5 Å². The van der Waals surface area contributed by atoms with Gasteiger partial charge in [0.2, 0.25) is 0 Å². The van der Waals surface area contributed by atoms with Crippen molar-refractivity contribution >= 4 is 0 Å². The monoisotopic (exact) mass is 265 g/mol. The summed E-state index contributed by atoms with van der Waals surface area (Å²) in [5.74, 6) is 0. The number of nitrogens with zero attached hydrogens (tertiary/aromatic N) is 3. The van der Waals surface area contributed by atoms with Crippen molar-refractivity contribution in [3.8, 4) is 12.1 Å². The minimum Gasteiger partial charge on any atom is -0.293 e. The minimum atomic E-state index is -0.892. The average molecular weight is 265 g/mol. The first-order valence-electron chi connectivity index (χ1n) is 7.42. The van der Waals surface area contributed by atoms with Crippen LogP contribution in [0.15, 0.2) is 24.3 Å². The molecule has 0 aromatic heterocycles. The molecule has 3 rings (SSSR count). The highest BCUT2D eigenvalue weighted by molar-refractivity contribution is 5.35. The second-order valence-electron chi connectivity index (χ2n) is 5.98. The molecular formula is C17H19N3. The van der Waals surface area contributed by atoms with Gasteiger partial charge in [-0.2, -0.15) is 10.5 Å². The fourth-order valence-electron chi connectivity index (χ4n) is 3.69. The van der Waals surface area contributed by atoms with Gasteiger partial charge >= 0.3 is 0 Å². The summed E-state index contributed by atoms with van der Waals surface area (Å²) >= 11 is 0. The molecule has 0 radical (unpaired) electrons. The largest absolute Gasteiger partial charge is 0.293 e. The van der Waals surface area contributed by atoms with E-state index in [4.69, 9.17) is 0 Å². The Morgan fingerprint density at radius 2 is 1.80 bits per heavy atom. The SMILES string of the molecule is N#CC1(C#N)Cc2ccccc2CN2CCCCCC21. The molecule has 1 atom stereocenters. The van der Waals surface area contributed by atoms with Crippen molar-refractivity contribution in [1.29, 1.82) is 10.5 Å². The standard InChI is InChI=1S/C17H19N3/c18-12-17(13-19)10-14-6-3-4-7-15(14)11-20-9-5-1-2-8-16(17)20/h3-4,6-7,16H,1-2,5,8-11H2. The van der Waals surface area contributed by atoms with Crippen LogP contribution in [0.3, 0.4) is 0 Å². The summed E-state index contributed by atoms with van der Waals surface area (Å²) in [5, 5.41) is 19.4. The van der Waals surface area contributed by atoms with Crippen LogP contribution in [0, 0.1) is 28.1 Å². The lowest BCUT2D eigenvalue weighted by Crippen LogP contribution is -2.45. The van der Waals surface area contributed by atoms with Crippen LogP contribution in [-0.2, 0) is 13.0 Å². The van der Waals surface area contributed by atoms with E-state index in [1.165, 1.54) is 24.0 Å². The molecule has 0 aliphatic carbocycles. The Hall–Kier alpha value is -1.84. The van der Waals surface area contributed by atoms with E-state index >= 15 is 0 Å². The molecule has 0 N–H and O–H groups in total. The van der Waals surface area contributed by atoms with Crippen molar-refractivity contribution in [1.82, 2.24) is 4.90 Å². The van der Waals surface area contributed by atoms with Gasteiger partial charge < -0.3 is 0 Å². The Bertz CT molecular complexity index is 565. The number of benzene rings is 1. The maximum atomic E-state index is 9.72. The van der Waals surface area contributed by atoms with Gasteiger partial charge in [0.05, 0.1) is 12.1 Å². The van der Waals surface area contributed by atoms with Gasteiger partial charge in [-0.05, 0) is 30.5 Å². The highest BCUT2D eigenvalue weighted by Crippen LogP contribution is 2.39. The minimum absolute atomic E-state index is 0.0763. The Morgan fingerprint density at radius 1 is 1.05 bits per heavy atom. The smallest absolute Gasteiger partial charge is 0.163 e. The second kappa shape index (κ2) is 5.27. The molecule has 0 saturated carbocycles. The lowest BCUT2D eigenvalue weighted by atomic mass is 9.76. The predicted octanol–water partition coefficient (Wildman–Crippen LogP) is 3.02. The number of fused-ring (bicyclic) bond motifs is 2. The molecule has 1 aromatic carbocycles. The molecule has 3 heteroatoms. The topological polar surface area (TPSA) is 50.8 Å². The molecule has 20 heavy (non-hydrogen) atoms. The van der Waals surface area contributed by atoms with Crippen molar-refractivity contribution in [2.75, 3.05) is 6.54 Å². The Labute approximate surface area is 120 Å². The van der Waals surface area contributed by atoms with Crippen LogP contribution in [0.4, 0.5) is 0 Å². The van der Waals surface area contributed by atoms with Gasteiger partial charge in [-0.1, -0.05) is 37.1 Å². The van der Waals surface area contributed by atoms with Crippen LogP contribution in [0.5, 0.6) is 0 Å². The molecular weight excluding hydrogens is 246 g/mol. The van der Waals surface area contributed by atoms with Crippen LogP contribution < -0.4 is 0 Å². The lowest BCUT2D eigenvalue weighted by molar-refractivity contribution is 0.133. The molecule has 2 aliphatic heterocycles. The van der Waals surface area contributed by atoms with Gasteiger partial charge in [-0.15, -0.1) is 0 Å². The quantitative estimate of drug-likeness (QED) is 0.724. The zero-order valence-electron chi connectivity index (χ0n) is 11.7. The van der Waals surface area contributed by atoms with Crippen LogP contribution >= 0.6 is 0 Å². The third-order valence-electron chi connectivity index (χ3n) is 4.79. The van der Waals surface area contributed by atoms with Crippen LogP contribution in [0.25, 0.3) is 0 Å². The Balaban J connectivity index is 2.09. The molecule has 3 nitrogen and oxygen atoms in total. The summed E-state index contributed by atoms with van der Waals surface area (Å²) in [4.78, 5) is 2.38. The van der Waals surface area contributed by atoms with E-state index in [0.29, 0.717) is 6.42 Å². The Morgan fingerprint density at radius 3 is 2.55 bits per heavy atom. The van der Waals surface area contributed by atoms with E-state index in [-0.39, 0.29) is 6.04 Å². The van der Waals surface area contributed by atoms with E-state index in [1.807, 2.05) is 6.07 Å². The summed E-state index contributed by atoms with van der Waals surface area (Å²) in [6, 6.07) is 13.1. The van der Waals surface area contributed by atoms with Crippen molar-refractivity contribution in [3.63, 3.8) is 0 Å². The van der Waals surface area contributed by atoms with E-state index in [1.54, 1.807) is 0 Å². The molecule has 1 saturated heterocycles. The molecule has 1 unspecified atom stereocenters. The number of hydrogen-bond donors (Lipinski definition) is 0. The number of nitriles is 2. The number of rotatable bonds is 0. The van der Waals surface area contributed by atoms with Crippen molar-refractivity contribution in [2.24, 2.45) is 5.41 Å². The zero-order chi connectivity index (χ0) is 14.0. The lowest BCUT2D eigenvalue weighted by Gasteiger charge is -2.34. The normalized spacial score (nSPS) is 25.2. The van der Waals surface area contributed by atoms with Crippen LogP contribution in [-0.4, -0.2) is 17.5 Å². The molecule has 0 bridgehead atoms. The first-order valence-corrected chi connectivity index (χ1v) is 7.42. The van der Waals surface area contributed by atoms with Gasteiger partial charge in [0.25, 0.3) is 0 Å². The number of hydrogen-bond acceptors (Lipinski definition) is 3. The van der Waals surface area contributed by atoms with Gasteiger partial charge in [0.15, 0.2) is 5.41 Å². The maximum absolute atomic E-state index is 9.72. The summed E-state index contributed by atoms with van der Waals surface area (Å²) in [6.45, 7) is 1.88. The van der Waals surface area contributed by atoms with Gasteiger partial charge in [0.1, 0.15) is 0 Å². The van der Waals surface area contributed by atoms with Crippen LogP contribution in [0.1, 0.15) is 36.8 Å². The summed E-state index contributed by atoms with van der Waals surface area (Å²) in [5.41, 5.74) is 1.56. The highest BCUT2D eigenvalue weighted by atomic mass is 15.2. The summed E-state index contributed by atoms with van der Waals surface area (Å²) < 4.78 is 0. The van der Waals surface area contributed by atoms with Crippen molar-refractivity contribution in [3.05, 3.63) is 35.4 Å². The first-order chi connectivity index (χ1) is 9.79. The fraction of sp³-hybridized carbons (Fsp3) is 0.529. The molecule has 0 spiro atoms. The third kappa shape index (κ3) is 2.09. The second-order valence-corrected chi connectivity index (χ2v) is 5.98. The third-order valence-corrected chi connectivity index (χ3v) is 4.79. The van der Waals surface area contributed by atoms with Crippen LogP contribution in [0.2, 0.25) is 0 Å². The molecule has 2 aliphatic rings. The molecule has 2 heterocycles. The zero-order valence-corrected chi connectivity index (χ0v) is 11.7. The molecule has 102 valence electrons. The van der Waals surface area contributed by atoms with E-state index < -0.39 is 5.41 Å². The first kappa shape index (κ1) is 13.2. The molecule has 0 amide bonds. The fourth-order valence-corrected chi connectivity index (χ4v) is 3.69. The Kier molecular flexibility index (Phi) is 3.47. The predicted molar refractivity (Wildman–Crippen MR) is 76.5 cm³/mol.